The number of carbonyl (C=O) groups excluding carboxylic acids is 1. The Labute approximate surface area is 148 Å². The van der Waals surface area contributed by atoms with Gasteiger partial charge in [0.15, 0.2) is 5.82 Å². The van der Waals surface area contributed by atoms with Gasteiger partial charge in [-0.1, -0.05) is 11.6 Å². The molecule has 25 heavy (non-hydrogen) atoms. The summed E-state index contributed by atoms with van der Waals surface area (Å²) in [5.74, 6) is 0.709. The first-order chi connectivity index (χ1) is 11.9. The number of aryl methyl sites for hydroxylation is 1. The molecule has 0 unspecified atom stereocenters. The van der Waals surface area contributed by atoms with E-state index in [9.17, 15) is 14.9 Å². The quantitative estimate of drug-likeness (QED) is 0.634. The summed E-state index contributed by atoms with van der Waals surface area (Å²) < 4.78 is 1.49. The Bertz CT molecular complexity index is 816. The summed E-state index contributed by atoms with van der Waals surface area (Å²) in [4.78, 5) is 27.1. The van der Waals surface area contributed by atoms with Gasteiger partial charge in [-0.25, -0.2) is 4.68 Å². The summed E-state index contributed by atoms with van der Waals surface area (Å²) in [5, 5.41) is 21.3. The van der Waals surface area contributed by atoms with Gasteiger partial charge in [0, 0.05) is 35.7 Å². The Hall–Kier alpha value is -2.52. The van der Waals surface area contributed by atoms with E-state index in [0.29, 0.717) is 11.8 Å². The van der Waals surface area contributed by atoms with Crippen LogP contribution in [0.15, 0.2) is 18.2 Å². The van der Waals surface area contributed by atoms with Crippen LogP contribution in [0.2, 0.25) is 5.02 Å². The van der Waals surface area contributed by atoms with Crippen molar-refractivity contribution in [3.05, 3.63) is 44.7 Å². The Morgan fingerprint density at radius 1 is 1.40 bits per heavy atom. The smallest absolute Gasteiger partial charge is 0.271 e. The number of rotatable bonds is 4. The minimum Gasteiger partial charge on any atom is -0.317 e. The molecule has 2 N–H and O–H groups in total. The number of hydrogen-bond acceptors (Lipinski definition) is 6. The lowest BCUT2D eigenvalue weighted by Gasteiger charge is -2.19. The first-order valence-electron chi connectivity index (χ1n) is 7.82. The first kappa shape index (κ1) is 17.3. The van der Waals surface area contributed by atoms with Gasteiger partial charge < -0.3 is 5.32 Å². The number of piperidine rings is 1. The number of halogens is 1. The van der Waals surface area contributed by atoms with Crippen molar-refractivity contribution in [2.75, 3.05) is 18.4 Å². The van der Waals surface area contributed by atoms with Crippen molar-refractivity contribution in [2.24, 2.45) is 7.05 Å². The molecule has 0 saturated carbocycles. The molecule has 1 aliphatic heterocycles. The van der Waals surface area contributed by atoms with E-state index >= 15 is 0 Å². The fourth-order valence-corrected chi connectivity index (χ4v) is 2.98. The van der Waals surface area contributed by atoms with Crippen molar-refractivity contribution < 1.29 is 9.72 Å². The highest BCUT2D eigenvalue weighted by molar-refractivity contribution is 6.31. The van der Waals surface area contributed by atoms with Gasteiger partial charge in [-0.3, -0.25) is 20.2 Å². The molecule has 1 aromatic heterocycles. The highest BCUT2D eigenvalue weighted by atomic mass is 35.5. The second-order valence-corrected chi connectivity index (χ2v) is 6.29. The number of nitrogens with zero attached hydrogens (tertiary/aromatic N) is 4. The average molecular weight is 365 g/mol. The summed E-state index contributed by atoms with van der Waals surface area (Å²) in [6, 6.07) is 3.73. The standard InChI is InChI=1S/C15H17ClN6O3/c1-21-15(18-13(20-21)9-2-4-17-5-3-9)19-14(23)10-6-11(16)8-12(7-10)22(24)25/h6-9,17H,2-5H2,1H3,(H,18,19,20,23). The number of non-ortho nitro benzene ring substituents is 1. The molecule has 1 aliphatic rings. The van der Waals surface area contributed by atoms with Crippen molar-refractivity contribution in [2.45, 2.75) is 18.8 Å². The van der Waals surface area contributed by atoms with Crippen LogP contribution in [0, 0.1) is 10.1 Å². The van der Waals surface area contributed by atoms with Crippen LogP contribution in [-0.2, 0) is 7.05 Å². The molecule has 1 fully saturated rings. The maximum absolute atomic E-state index is 12.4. The fraction of sp³-hybridized carbons (Fsp3) is 0.400. The molecule has 10 heteroatoms. The SMILES string of the molecule is Cn1nc(C2CCNCC2)nc1NC(=O)c1cc(Cl)cc([N+](=O)[O-])c1. The van der Waals surface area contributed by atoms with Crippen LogP contribution in [-0.4, -0.2) is 38.7 Å². The van der Waals surface area contributed by atoms with Gasteiger partial charge in [-0.2, -0.15) is 10.1 Å². The van der Waals surface area contributed by atoms with Gasteiger partial charge in [0.25, 0.3) is 11.6 Å². The minimum atomic E-state index is -0.597. The van der Waals surface area contributed by atoms with Crippen LogP contribution in [0.4, 0.5) is 11.6 Å². The molecular formula is C15H17ClN6O3. The molecule has 2 aromatic rings. The van der Waals surface area contributed by atoms with Crippen molar-refractivity contribution in [1.29, 1.82) is 0 Å². The summed E-state index contributed by atoms with van der Waals surface area (Å²) in [6.45, 7) is 1.83. The second-order valence-electron chi connectivity index (χ2n) is 5.85. The van der Waals surface area contributed by atoms with Crippen LogP contribution in [0.1, 0.15) is 34.9 Å². The van der Waals surface area contributed by atoms with E-state index in [2.05, 4.69) is 20.7 Å². The molecule has 1 saturated heterocycles. The van der Waals surface area contributed by atoms with E-state index in [1.807, 2.05) is 0 Å². The number of nitro benzene ring substituents is 1. The van der Waals surface area contributed by atoms with Crippen molar-refractivity contribution >= 4 is 29.1 Å². The number of nitro groups is 1. The number of carbonyl (C=O) groups is 1. The lowest BCUT2D eigenvalue weighted by molar-refractivity contribution is -0.384. The number of benzene rings is 1. The molecule has 0 bridgehead atoms. The van der Waals surface area contributed by atoms with Crippen LogP contribution in [0.25, 0.3) is 0 Å². The van der Waals surface area contributed by atoms with Gasteiger partial charge in [-0.15, -0.1) is 0 Å². The van der Waals surface area contributed by atoms with E-state index in [1.54, 1.807) is 7.05 Å². The Morgan fingerprint density at radius 3 is 2.80 bits per heavy atom. The molecule has 0 radical (unpaired) electrons. The monoisotopic (exact) mass is 364 g/mol. The van der Waals surface area contributed by atoms with Crippen molar-refractivity contribution in [3.8, 4) is 0 Å². The molecule has 0 spiro atoms. The zero-order valence-electron chi connectivity index (χ0n) is 13.5. The third-order valence-electron chi connectivity index (χ3n) is 4.06. The molecule has 0 atom stereocenters. The molecule has 132 valence electrons. The molecule has 1 amide bonds. The maximum Gasteiger partial charge on any atom is 0.271 e. The third kappa shape index (κ3) is 3.94. The Morgan fingerprint density at radius 2 is 2.12 bits per heavy atom. The normalized spacial score (nSPS) is 15.1. The number of aromatic nitrogens is 3. The number of hydrogen-bond donors (Lipinski definition) is 2. The van der Waals surface area contributed by atoms with Crippen molar-refractivity contribution in [1.82, 2.24) is 20.1 Å². The molecule has 2 heterocycles. The zero-order chi connectivity index (χ0) is 18.0. The van der Waals surface area contributed by atoms with Gasteiger partial charge in [0.05, 0.1) is 4.92 Å². The topological polar surface area (TPSA) is 115 Å². The Kier molecular flexibility index (Phi) is 4.95. The number of amides is 1. The molecule has 1 aromatic carbocycles. The predicted octanol–water partition coefficient (Wildman–Crippen LogP) is 2.10. The average Bonchev–Trinajstić information content (AvgIpc) is 2.96. The third-order valence-corrected chi connectivity index (χ3v) is 4.28. The zero-order valence-corrected chi connectivity index (χ0v) is 14.3. The van der Waals surface area contributed by atoms with E-state index in [4.69, 9.17) is 11.6 Å². The highest BCUT2D eigenvalue weighted by Crippen LogP contribution is 2.24. The number of anilines is 1. The van der Waals surface area contributed by atoms with Gasteiger partial charge in [-0.05, 0) is 32.0 Å². The largest absolute Gasteiger partial charge is 0.317 e. The minimum absolute atomic E-state index is 0.0885. The van der Waals surface area contributed by atoms with Gasteiger partial charge in [0.2, 0.25) is 5.95 Å². The van der Waals surface area contributed by atoms with E-state index in [0.717, 1.165) is 25.9 Å². The molecule has 3 rings (SSSR count). The van der Waals surface area contributed by atoms with Gasteiger partial charge in [0.1, 0.15) is 0 Å². The van der Waals surface area contributed by atoms with Crippen LogP contribution >= 0.6 is 11.6 Å². The lowest BCUT2D eigenvalue weighted by atomic mass is 9.98. The fourth-order valence-electron chi connectivity index (χ4n) is 2.75. The lowest BCUT2D eigenvalue weighted by Crippen LogP contribution is -2.27. The van der Waals surface area contributed by atoms with Crippen molar-refractivity contribution in [3.63, 3.8) is 0 Å². The van der Waals surface area contributed by atoms with Crippen LogP contribution in [0.3, 0.4) is 0 Å². The molecule has 9 nitrogen and oxygen atoms in total. The Balaban J connectivity index is 1.79. The molecule has 0 aliphatic carbocycles. The number of nitrogens with one attached hydrogen (secondary N) is 2. The molecular weight excluding hydrogens is 348 g/mol. The van der Waals surface area contributed by atoms with Crippen LogP contribution < -0.4 is 10.6 Å². The highest BCUT2D eigenvalue weighted by Gasteiger charge is 2.22. The predicted molar refractivity (Wildman–Crippen MR) is 91.9 cm³/mol. The first-order valence-corrected chi connectivity index (χ1v) is 8.20. The maximum atomic E-state index is 12.4. The van der Waals surface area contributed by atoms with Crippen LogP contribution in [0.5, 0.6) is 0 Å². The van der Waals surface area contributed by atoms with E-state index < -0.39 is 10.8 Å². The second kappa shape index (κ2) is 7.16. The summed E-state index contributed by atoms with van der Waals surface area (Å²) >= 11 is 5.85. The van der Waals surface area contributed by atoms with E-state index in [1.165, 1.54) is 22.9 Å². The van der Waals surface area contributed by atoms with Gasteiger partial charge >= 0.3 is 0 Å². The summed E-state index contributed by atoms with van der Waals surface area (Å²) in [7, 11) is 1.69. The van der Waals surface area contributed by atoms with E-state index in [-0.39, 0.29) is 22.2 Å². The summed E-state index contributed by atoms with van der Waals surface area (Å²) in [5.41, 5.74) is -0.156. The summed E-state index contributed by atoms with van der Waals surface area (Å²) in [6.07, 6.45) is 1.88.